The molecule has 68 valence electrons. The normalized spacial score (nSPS) is 9.38. The molecule has 0 fully saturated rings. The number of halogens is 2. The number of nitriles is 1. The Labute approximate surface area is 95.6 Å². The molecule has 0 aliphatic carbocycles. The summed E-state index contributed by atoms with van der Waals surface area (Å²) in [7, 11) is 1.60. The van der Waals surface area contributed by atoms with Gasteiger partial charge in [0.25, 0.3) is 0 Å². The number of hydrogen-bond donors (Lipinski definition) is 0. The molecule has 0 aliphatic rings. The summed E-state index contributed by atoms with van der Waals surface area (Å²) in [4.78, 5) is 0. The van der Waals surface area contributed by atoms with Crippen LogP contribution in [-0.2, 0) is 5.88 Å². The Kier molecular flexibility index (Phi) is 3.82. The lowest BCUT2D eigenvalue weighted by molar-refractivity contribution is 0.408. The van der Waals surface area contributed by atoms with Crippen molar-refractivity contribution in [2.24, 2.45) is 0 Å². The van der Waals surface area contributed by atoms with Crippen LogP contribution in [0.1, 0.15) is 11.1 Å². The molecule has 0 radical (unpaired) electrons. The molecule has 0 aromatic heterocycles. The number of hydrogen-bond acceptors (Lipinski definition) is 2. The van der Waals surface area contributed by atoms with Crippen molar-refractivity contribution in [1.29, 1.82) is 5.26 Å². The van der Waals surface area contributed by atoms with Crippen LogP contribution in [-0.4, -0.2) is 7.11 Å². The van der Waals surface area contributed by atoms with Crippen molar-refractivity contribution in [2.75, 3.05) is 7.11 Å². The van der Waals surface area contributed by atoms with Gasteiger partial charge in [0, 0.05) is 5.56 Å². The smallest absolute Gasteiger partial charge is 0.136 e. The van der Waals surface area contributed by atoms with E-state index in [2.05, 4.69) is 28.7 Å². The fourth-order valence-corrected chi connectivity index (χ4v) is 2.14. The fourth-order valence-electron chi connectivity index (χ4n) is 1.04. The van der Waals surface area contributed by atoms with Gasteiger partial charge >= 0.3 is 0 Å². The average molecular weight is 308 g/mol. The molecule has 0 saturated carbocycles. The van der Waals surface area contributed by atoms with E-state index in [1.54, 1.807) is 19.2 Å². The lowest BCUT2D eigenvalue weighted by Crippen LogP contribution is -1.94. The van der Waals surface area contributed by atoms with Gasteiger partial charge in [-0.15, -0.1) is 11.6 Å². The summed E-state index contributed by atoms with van der Waals surface area (Å²) in [5, 5.41) is 8.71. The SMILES string of the molecule is COc1c(I)cc(C#N)cc1CCl. The van der Waals surface area contributed by atoms with Crippen LogP contribution in [0, 0.1) is 14.9 Å². The van der Waals surface area contributed by atoms with Crippen LogP contribution in [0.2, 0.25) is 0 Å². The van der Waals surface area contributed by atoms with Gasteiger partial charge in [0.05, 0.1) is 28.2 Å². The quantitative estimate of drug-likeness (QED) is 0.622. The van der Waals surface area contributed by atoms with Crippen LogP contribution in [0.15, 0.2) is 12.1 Å². The van der Waals surface area contributed by atoms with Gasteiger partial charge in [-0.05, 0) is 34.7 Å². The van der Waals surface area contributed by atoms with Crippen molar-refractivity contribution in [1.82, 2.24) is 0 Å². The molecule has 0 N–H and O–H groups in total. The topological polar surface area (TPSA) is 33.0 Å². The Morgan fingerprint density at radius 2 is 2.31 bits per heavy atom. The molecule has 1 aromatic carbocycles. The average Bonchev–Trinajstić information content (AvgIpc) is 2.16. The second-order valence-electron chi connectivity index (χ2n) is 2.40. The third-order valence-electron chi connectivity index (χ3n) is 1.60. The number of rotatable bonds is 2. The summed E-state index contributed by atoms with van der Waals surface area (Å²) in [5.41, 5.74) is 1.47. The first-order chi connectivity index (χ1) is 6.22. The molecule has 0 unspecified atom stereocenters. The van der Waals surface area contributed by atoms with Crippen molar-refractivity contribution in [3.63, 3.8) is 0 Å². The van der Waals surface area contributed by atoms with E-state index in [9.17, 15) is 0 Å². The van der Waals surface area contributed by atoms with E-state index < -0.39 is 0 Å². The summed E-state index contributed by atoms with van der Waals surface area (Å²) in [6.07, 6.45) is 0. The number of ether oxygens (including phenoxy) is 1. The maximum atomic E-state index is 8.71. The molecule has 13 heavy (non-hydrogen) atoms. The second kappa shape index (κ2) is 4.68. The van der Waals surface area contributed by atoms with Crippen LogP contribution in [0.25, 0.3) is 0 Å². The van der Waals surface area contributed by atoms with Crippen molar-refractivity contribution in [2.45, 2.75) is 5.88 Å². The highest BCUT2D eigenvalue weighted by Crippen LogP contribution is 2.28. The lowest BCUT2D eigenvalue weighted by Gasteiger charge is -2.08. The fraction of sp³-hybridized carbons (Fsp3) is 0.222. The minimum absolute atomic E-state index is 0.356. The first-order valence-corrected chi connectivity index (χ1v) is 5.16. The molecule has 0 atom stereocenters. The van der Waals surface area contributed by atoms with Gasteiger partial charge in [0.15, 0.2) is 0 Å². The van der Waals surface area contributed by atoms with Crippen molar-refractivity contribution in [3.05, 3.63) is 26.8 Å². The summed E-state index contributed by atoms with van der Waals surface area (Å²) < 4.78 is 6.08. The number of methoxy groups -OCH3 is 1. The Bertz CT molecular complexity index is 359. The van der Waals surface area contributed by atoms with E-state index in [0.29, 0.717) is 11.4 Å². The minimum atomic E-state index is 0.356. The zero-order valence-corrected chi connectivity index (χ0v) is 9.89. The highest BCUT2D eigenvalue weighted by atomic mass is 127. The molecular weight excluding hydrogens is 300 g/mol. The molecule has 0 heterocycles. The molecule has 0 aliphatic heterocycles. The Morgan fingerprint density at radius 3 is 2.77 bits per heavy atom. The molecule has 0 bridgehead atoms. The van der Waals surface area contributed by atoms with E-state index >= 15 is 0 Å². The standard InChI is InChI=1S/C9H7ClINO/c1-13-9-7(4-10)2-6(5-12)3-8(9)11/h2-3H,4H2,1H3. The first-order valence-electron chi connectivity index (χ1n) is 3.55. The van der Waals surface area contributed by atoms with E-state index in [1.165, 1.54) is 0 Å². The van der Waals surface area contributed by atoms with Crippen molar-refractivity contribution in [3.8, 4) is 11.8 Å². The van der Waals surface area contributed by atoms with Gasteiger partial charge in [-0.2, -0.15) is 5.26 Å². The van der Waals surface area contributed by atoms with E-state index in [0.717, 1.165) is 14.9 Å². The van der Waals surface area contributed by atoms with Crippen molar-refractivity contribution < 1.29 is 4.74 Å². The maximum Gasteiger partial charge on any atom is 0.136 e. The largest absolute Gasteiger partial charge is 0.495 e. The summed E-state index contributed by atoms with van der Waals surface area (Å²) in [6, 6.07) is 5.59. The molecule has 0 amide bonds. The Morgan fingerprint density at radius 1 is 1.62 bits per heavy atom. The molecule has 1 aromatic rings. The van der Waals surface area contributed by atoms with E-state index in [1.807, 2.05) is 0 Å². The van der Waals surface area contributed by atoms with Gasteiger partial charge in [-0.3, -0.25) is 0 Å². The summed E-state index contributed by atoms with van der Waals surface area (Å²) >= 11 is 7.84. The third kappa shape index (κ3) is 2.26. The lowest BCUT2D eigenvalue weighted by atomic mass is 10.1. The zero-order chi connectivity index (χ0) is 9.84. The predicted molar refractivity (Wildman–Crippen MR) is 60.0 cm³/mol. The third-order valence-corrected chi connectivity index (χ3v) is 2.69. The second-order valence-corrected chi connectivity index (χ2v) is 3.83. The van der Waals surface area contributed by atoms with E-state index in [4.69, 9.17) is 21.6 Å². The summed E-state index contributed by atoms with van der Waals surface area (Å²) in [6.45, 7) is 0. The van der Waals surface area contributed by atoms with Gasteiger partial charge in [0.1, 0.15) is 5.75 Å². The van der Waals surface area contributed by atoms with Crippen molar-refractivity contribution >= 4 is 34.2 Å². The molecule has 0 spiro atoms. The van der Waals surface area contributed by atoms with Crippen LogP contribution in [0.3, 0.4) is 0 Å². The molecule has 1 rings (SSSR count). The molecular formula is C9H7ClINO. The monoisotopic (exact) mass is 307 g/mol. The first kappa shape index (κ1) is 10.6. The Hall–Kier alpha value is -0.470. The Balaban J connectivity index is 3.31. The van der Waals surface area contributed by atoms with Gasteiger partial charge in [-0.1, -0.05) is 0 Å². The molecule has 2 nitrogen and oxygen atoms in total. The number of nitrogens with zero attached hydrogens (tertiary/aromatic N) is 1. The van der Waals surface area contributed by atoms with Gasteiger partial charge in [-0.25, -0.2) is 0 Å². The van der Waals surface area contributed by atoms with Gasteiger partial charge in [0.2, 0.25) is 0 Å². The van der Waals surface area contributed by atoms with Crippen LogP contribution in [0.4, 0.5) is 0 Å². The van der Waals surface area contributed by atoms with Crippen LogP contribution in [0.5, 0.6) is 5.75 Å². The maximum absolute atomic E-state index is 8.71. The molecule has 4 heteroatoms. The summed E-state index contributed by atoms with van der Waals surface area (Å²) in [5.74, 6) is 1.11. The highest BCUT2D eigenvalue weighted by Gasteiger charge is 2.08. The van der Waals surface area contributed by atoms with Gasteiger partial charge < -0.3 is 4.74 Å². The number of alkyl halides is 1. The molecule has 0 saturated heterocycles. The number of benzene rings is 1. The zero-order valence-electron chi connectivity index (χ0n) is 6.97. The van der Waals surface area contributed by atoms with E-state index in [-0.39, 0.29) is 0 Å². The predicted octanol–water partition coefficient (Wildman–Crippen LogP) is 2.91. The highest BCUT2D eigenvalue weighted by molar-refractivity contribution is 14.1. The van der Waals surface area contributed by atoms with Crippen LogP contribution < -0.4 is 4.74 Å². The minimum Gasteiger partial charge on any atom is -0.495 e. The van der Waals surface area contributed by atoms with Crippen LogP contribution >= 0.6 is 34.2 Å².